The van der Waals surface area contributed by atoms with Gasteiger partial charge < -0.3 is 0 Å². The van der Waals surface area contributed by atoms with Crippen molar-refractivity contribution in [2.24, 2.45) is 0 Å². The van der Waals surface area contributed by atoms with Gasteiger partial charge in [0.25, 0.3) is 0 Å². The molecule has 0 saturated carbocycles. The summed E-state index contributed by atoms with van der Waals surface area (Å²) in [5.74, 6) is 0. The van der Waals surface area contributed by atoms with Crippen molar-refractivity contribution < 1.29 is 5.32 Å². The minimum absolute atomic E-state index is 1.16. The maximum Gasteiger partial charge on any atom is 0.120 e. The molecule has 0 aromatic rings. The summed E-state index contributed by atoms with van der Waals surface area (Å²) >= 11 is 0. The molecule has 0 unspecified atom stereocenters. The molecule has 37 valence electrons. The predicted octanol–water partition coefficient (Wildman–Crippen LogP) is -0.234. The van der Waals surface area contributed by atoms with E-state index in [0.717, 1.165) is 6.54 Å². The topological polar surface area (TPSA) is 15.6 Å². The molecule has 1 heteroatoms. The highest BCUT2D eigenvalue weighted by molar-refractivity contribution is 4.23. The van der Waals surface area contributed by atoms with Gasteiger partial charge in [-0.15, -0.1) is 0 Å². The Labute approximate surface area is 39.7 Å². The third-order valence-corrected chi connectivity index (χ3v) is 0.780. The zero-order chi connectivity index (χ0) is 4.83. The van der Waals surface area contributed by atoms with E-state index in [0.29, 0.717) is 0 Å². The molecule has 0 aromatic heterocycles. The second-order valence-electron chi connectivity index (χ2n) is 1.46. The smallest absolute Gasteiger partial charge is 0.120 e. The van der Waals surface area contributed by atoms with Gasteiger partial charge in [0, 0.05) is 6.42 Å². The first kappa shape index (κ1) is 5.96. The van der Waals surface area contributed by atoms with E-state index in [-0.39, 0.29) is 0 Å². The van der Waals surface area contributed by atoms with Crippen LogP contribution in [-0.4, -0.2) is 13.6 Å². The van der Waals surface area contributed by atoms with E-state index < -0.39 is 0 Å². The van der Waals surface area contributed by atoms with E-state index in [4.69, 9.17) is 0 Å². The highest BCUT2D eigenvalue weighted by Gasteiger charge is 1.80. The van der Waals surface area contributed by atoms with Crippen LogP contribution in [0.4, 0.5) is 0 Å². The zero-order valence-corrected chi connectivity index (χ0v) is 4.62. The lowest BCUT2D eigenvalue weighted by molar-refractivity contribution is -0.627. The molecular weight excluding hydrogens is 74.1 g/mol. The van der Waals surface area contributed by atoms with Crippen molar-refractivity contribution in [1.82, 2.24) is 0 Å². The van der Waals surface area contributed by atoms with Crippen LogP contribution in [0.3, 0.4) is 0 Å². The molecule has 0 aliphatic carbocycles. The SMILES string of the molecule is CCCC[NH+]C. The third-order valence-electron chi connectivity index (χ3n) is 0.780. The number of unbranched alkanes of at least 4 members (excludes halogenated alkanes) is 1. The lowest BCUT2D eigenvalue weighted by Crippen LogP contribution is -2.79. The van der Waals surface area contributed by atoms with Gasteiger partial charge in [-0.3, -0.25) is 0 Å². The van der Waals surface area contributed by atoms with Crippen LogP contribution >= 0.6 is 0 Å². The molecule has 0 spiro atoms. The molecule has 0 atom stereocenters. The van der Waals surface area contributed by atoms with Gasteiger partial charge in [-0.1, -0.05) is 13.3 Å². The van der Waals surface area contributed by atoms with Gasteiger partial charge in [0.1, 0.15) is 13.6 Å². The minimum atomic E-state index is 1.16. The van der Waals surface area contributed by atoms with E-state index in [1.807, 2.05) is 7.05 Å². The average Bonchev–Trinajstić information content (AvgIpc) is 1.61. The van der Waals surface area contributed by atoms with E-state index in [1.54, 1.807) is 0 Å². The van der Waals surface area contributed by atoms with Crippen molar-refractivity contribution in [3.8, 4) is 0 Å². The predicted molar refractivity (Wildman–Crippen MR) is 26.7 cm³/mol. The molecular formula is C5H13N+. The Kier molecular flexibility index (Phi) is 4.93. The Morgan fingerprint density at radius 3 is 2.33 bits per heavy atom. The summed E-state index contributed by atoms with van der Waals surface area (Å²) < 4.78 is 0. The summed E-state index contributed by atoms with van der Waals surface area (Å²) in [7, 11) is 1.98. The molecule has 6 heavy (non-hydrogen) atoms. The molecule has 0 rings (SSSR count). The van der Waals surface area contributed by atoms with Crippen LogP contribution in [0.15, 0.2) is 0 Å². The molecule has 0 bridgehead atoms. The number of hydrogen-bond acceptors (Lipinski definition) is 1. The largest absolute Gasteiger partial charge is 0.185 e. The highest BCUT2D eigenvalue weighted by Crippen LogP contribution is 1.76. The fourth-order valence-corrected chi connectivity index (χ4v) is 0.354. The fourth-order valence-electron chi connectivity index (χ4n) is 0.354. The summed E-state index contributed by atoms with van der Waals surface area (Å²) in [5, 5.41) is 3.07. The Balaban J connectivity index is 2.34. The summed E-state index contributed by atoms with van der Waals surface area (Å²) in [6.07, 6.45) is 2.59. The van der Waals surface area contributed by atoms with Crippen LogP contribution in [0.25, 0.3) is 0 Å². The van der Waals surface area contributed by atoms with Gasteiger partial charge in [0.05, 0.1) is 0 Å². The van der Waals surface area contributed by atoms with Crippen molar-refractivity contribution in [3.05, 3.63) is 0 Å². The molecule has 0 aliphatic heterocycles. The molecule has 0 fully saturated rings. The van der Waals surface area contributed by atoms with Crippen LogP contribution in [0.2, 0.25) is 0 Å². The van der Waals surface area contributed by atoms with Gasteiger partial charge in [-0.25, -0.2) is 0 Å². The first-order chi connectivity index (χ1) is 2.91. The van der Waals surface area contributed by atoms with Crippen LogP contribution in [0.1, 0.15) is 19.8 Å². The second-order valence-corrected chi connectivity index (χ2v) is 1.46. The standard InChI is InChI=1S/C5H13N/c1-3-4-5-6-2/h6H,3-5H2,1-2H3/q+1. The average molecular weight is 87.2 g/mol. The lowest BCUT2D eigenvalue weighted by Gasteiger charge is -1.81. The molecule has 0 aliphatic rings. The Hall–Kier alpha value is -0.0400. The first-order valence-corrected chi connectivity index (χ1v) is 2.56. The summed E-state index contributed by atoms with van der Waals surface area (Å²) in [6, 6.07) is 0. The molecule has 1 N–H and O–H groups in total. The number of nitrogens with one attached hydrogen (secondary N) is 1. The van der Waals surface area contributed by atoms with Gasteiger partial charge in [-0.05, 0) is 0 Å². The summed E-state index contributed by atoms with van der Waals surface area (Å²) in [5.41, 5.74) is 0. The zero-order valence-electron chi connectivity index (χ0n) is 4.62. The van der Waals surface area contributed by atoms with E-state index >= 15 is 0 Å². The molecule has 0 aromatic carbocycles. The Bertz CT molecular complexity index is 15.9. The molecule has 0 heterocycles. The van der Waals surface area contributed by atoms with Crippen LogP contribution in [0, 0.1) is 0 Å². The van der Waals surface area contributed by atoms with Gasteiger partial charge >= 0.3 is 0 Å². The normalized spacial score (nSPS) is 9.00. The van der Waals surface area contributed by atoms with Crippen LogP contribution in [0.5, 0.6) is 0 Å². The highest BCUT2D eigenvalue weighted by atomic mass is 14.8. The van der Waals surface area contributed by atoms with Gasteiger partial charge in [0.15, 0.2) is 0 Å². The van der Waals surface area contributed by atoms with Crippen LogP contribution < -0.4 is 5.32 Å². The maximum absolute atomic E-state index is 3.07. The number of hydrogen-bond donors (Lipinski definition) is 1. The molecule has 1 nitrogen and oxygen atoms in total. The van der Waals surface area contributed by atoms with Crippen LogP contribution in [-0.2, 0) is 0 Å². The Morgan fingerprint density at radius 2 is 2.17 bits per heavy atom. The monoisotopic (exact) mass is 87.1 g/mol. The molecule has 1 radical (unpaired) electrons. The van der Waals surface area contributed by atoms with Gasteiger partial charge in [0.2, 0.25) is 0 Å². The van der Waals surface area contributed by atoms with Crippen molar-refractivity contribution >= 4 is 0 Å². The minimum Gasteiger partial charge on any atom is -0.185 e. The van der Waals surface area contributed by atoms with Gasteiger partial charge in [-0.2, -0.15) is 5.32 Å². The quantitative estimate of drug-likeness (QED) is 0.457. The lowest BCUT2D eigenvalue weighted by atomic mass is 10.3. The molecule has 0 saturated heterocycles. The number of rotatable bonds is 3. The molecule has 0 amide bonds. The Morgan fingerprint density at radius 1 is 1.50 bits per heavy atom. The van der Waals surface area contributed by atoms with Crippen molar-refractivity contribution in [2.45, 2.75) is 19.8 Å². The van der Waals surface area contributed by atoms with Crippen molar-refractivity contribution in [1.29, 1.82) is 0 Å². The van der Waals surface area contributed by atoms with Crippen molar-refractivity contribution in [3.63, 3.8) is 0 Å². The van der Waals surface area contributed by atoms with E-state index in [1.165, 1.54) is 12.8 Å². The van der Waals surface area contributed by atoms with E-state index in [9.17, 15) is 0 Å². The fraction of sp³-hybridized carbons (Fsp3) is 1.00. The van der Waals surface area contributed by atoms with E-state index in [2.05, 4.69) is 12.2 Å². The summed E-state index contributed by atoms with van der Waals surface area (Å²) in [6.45, 7) is 3.36. The third kappa shape index (κ3) is 3.96. The maximum atomic E-state index is 3.07. The van der Waals surface area contributed by atoms with Crippen molar-refractivity contribution in [2.75, 3.05) is 13.6 Å². The summed E-state index contributed by atoms with van der Waals surface area (Å²) in [4.78, 5) is 0. The second kappa shape index (κ2) is 4.96. The first-order valence-electron chi connectivity index (χ1n) is 2.56.